The molecule has 2 aliphatic rings. The molecule has 1 heterocycles. The van der Waals surface area contributed by atoms with Gasteiger partial charge >= 0.3 is 11.8 Å². The Morgan fingerprint density at radius 2 is 1.97 bits per heavy atom. The molecule has 180 valence electrons. The number of nitro groups is 1. The van der Waals surface area contributed by atoms with E-state index in [1.807, 2.05) is 36.4 Å². The van der Waals surface area contributed by atoms with Crippen LogP contribution in [0.3, 0.4) is 0 Å². The predicted molar refractivity (Wildman–Crippen MR) is 125 cm³/mol. The molecular formula is C25H29N3O6. The number of fused-ring (bicyclic) bond motifs is 1. The van der Waals surface area contributed by atoms with E-state index in [-0.39, 0.29) is 36.5 Å². The van der Waals surface area contributed by atoms with Gasteiger partial charge < -0.3 is 19.5 Å². The van der Waals surface area contributed by atoms with Crippen LogP contribution in [0, 0.1) is 16.0 Å². The summed E-state index contributed by atoms with van der Waals surface area (Å²) in [5.74, 6) is 0.412. The van der Waals surface area contributed by atoms with Gasteiger partial charge in [-0.2, -0.15) is 0 Å². The molecule has 1 fully saturated rings. The third-order valence-electron chi connectivity index (χ3n) is 6.66. The van der Waals surface area contributed by atoms with Gasteiger partial charge in [-0.3, -0.25) is 15.1 Å². The van der Waals surface area contributed by atoms with Crippen molar-refractivity contribution in [2.45, 2.75) is 43.9 Å². The number of likely N-dealkylation sites (N-methyl/N-ethyl adjacent to an activating group) is 1. The number of aliphatic hydroxyl groups is 1. The van der Waals surface area contributed by atoms with E-state index in [1.54, 1.807) is 13.1 Å². The zero-order valence-electron chi connectivity index (χ0n) is 19.3. The van der Waals surface area contributed by atoms with Crippen LogP contribution in [-0.2, 0) is 11.3 Å². The fourth-order valence-electron chi connectivity index (χ4n) is 4.76. The molecule has 0 aromatic heterocycles. The highest BCUT2D eigenvalue weighted by atomic mass is 16.6. The Kier molecular flexibility index (Phi) is 6.83. The van der Waals surface area contributed by atoms with Gasteiger partial charge in [0.15, 0.2) is 5.75 Å². The van der Waals surface area contributed by atoms with Crippen LogP contribution >= 0.6 is 0 Å². The van der Waals surface area contributed by atoms with E-state index in [9.17, 15) is 20.0 Å². The van der Waals surface area contributed by atoms with Crippen LogP contribution in [0.2, 0.25) is 0 Å². The summed E-state index contributed by atoms with van der Waals surface area (Å²) in [5.41, 5.74) is -0.151. The van der Waals surface area contributed by atoms with E-state index in [0.29, 0.717) is 18.2 Å². The van der Waals surface area contributed by atoms with Crippen molar-refractivity contribution in [1.82, 2.24) is 4.90 Å². The minimum Gasteiger partial charge on any atom is -0.490 e. The second kappa shape index (κ2) is 9.80. The fourth-order valence-corrected chi connectivity index (χ4v) is 4.76. The third kappa shape index (κ3) is 5.20. The first-order chi connectivity index (χ1) is 16.3. The molecule has 1 saturated carbocycles. The molecule has 34 heavy (non-hydrogen) atoms. The molecule has 9 heteroatoms. The summed E-state index contributed by atoms with van der Waals surface area (Å²) in [6.45, 7) is 0.384. The average Bonchev–Trinajstić information content (AvgIpc) is 3.25. The maximum atomic E-state index is 12.4. The van der Waals surface area contributed by atoms with Gasteiger partial charge in [0, 0.05) is 24.4 Å². The lowest BCUT2D eigenvalue weighted by molar-refractivity contribution is -0.385. The number of amides is 1. The van der Waals surface area contributed by atoms with E-state index >= 15 is 0 Å². The van der Waals surface area contributed by atoms with Gasteiger partial charge in [-0.15, -0.1) is 0 Å². The topological polar surface area (TPSA) is 114 Å². The standard InChI is InChI=1S/C25H29N3O6/c1-27(24(29)34-15-17-6-4-3-5-7-17)16-25(30)10-8-18(9-11-25)20-12-19-13-22(28(31)32)23(33-2)14-21(19)26-20/h3-7,12-14,18,20,30H,8-11,15-16H2,1-2H3. The fraction of sp³-hybridized carbons (Fsp3) is 0.440. The Morgan fingerprint density at radius 1 is 1.26 bits per heavy atom. The zero-order valence-corrected chi connectivity index (χ0v) is 19.3. The highest BCUT2D eigenvalue weighted by Gasteiger charge is 2.38. The number of nitrogens with zero attached hydrogens (tertiary/aromatic N) is 3. The summed E-state index contributed by atoms with van der Waals surface area (Å²) >= 11 is 0. The highest BCUT2D eigenvalue weighted by molar-refractivity contribution is 5.67. The number of hydrogen-bond acceptors (Lipinski definition) is 7. The van der Waals surface area contributed by atoms with E-state index in [0.717, 1.165) is 23.6 Å². The first-order valence-electron chi connectivity index (χ1n) is 11.3. The molecule has 1 unspecified atom stereocenters. The molecule has 1 aliphatic carbocycles. The SMILES string of the molecule is COc1cc2c(cc1[N+](=O)[O-])=CC(C1CCC(O)(CN(C)C(=O)OCc3ccccc3)CC1)N=2. The minimum atomic E-state index is -0.982. The quantitative estimate of drug-likeness (QED) is 0.494. The summed E-state index contributed by atoms with van der Waals surface area (Å²) in [5, 5.41) is 23.8. The van der Waals surface area contributed by atoms with Gasteiger partial charge in [0.2, 0.25) is 0 Å². The second-order valence-corrected chi connectivity index (χ2v) is 9.08. The maximum absolute atomic E-state index is 12.4. The summed E-state index contributed by atoms with van der Waals surface area (Å²) in [4.78, 5) is 29.4. The summed E-state index contributed by atoms with van der Waals surface area (Å²) < 4.78 is 10.5. The lowest BCUT2D eigenvalue weighted by atomic mass is 9.76. The molecular weight excluding hydrogens is 438 g/mol. The molecule has 1 amide bonds. The van der Waals surface area contributed by atoms with Crippen LogP contribution in [0.15, 0.2) is 47.5 Å². The third-order valence-corrected chi connectivity index (χ3v) is 6.66. The summed E-state index contributed by atoms with van der Waals surface area (Å²) in [7, 11) is 3.04. The van der Waals surface area contributed by atoms with E-state index in [4.69, 9.17) is 14.5 Å². The van der Waals surface area contributed by atoms with Crippen molar-refractivity contribution in [3.63, 3.8) is 0 Å². The molecule has 0 spiro atoms. The molecule has 9 nitrogen and oxygen atoms in total. The number of methoxy groups -OCH3 is 1. The molecule has 4 rings (SSSR count). The van der Waals surface area contributed by atoms with E-state index in [1.165, 1.54) is 18.1 Å². The Bertz CT molecular complexity index is 1180. The number of rotatable bonds is 7. The normalized spacial score (nSPS) is 23.3. The van der Waals surface area contributed by atoms with Gasteiger partial charge in [-0.25, -0.2) is 4.79 Å². The Morgan fingerprint density at radius 3 is 2.62 bits per heavy atom. The lowest BCUT2D eigenvalue weighted by Gasteiger charge is -2.39. The largest absolute Gasteiger partial charge is 0.490 e. The van der Waals surface area contributed by atoms with Crippen LogP contribution in [-0.4, -0.2) is 53.4 Å². The van der Waals surface area contributed by atoms with Crippen molar-refractivity contribution in [2.24, 2.45) is 10.9 Å². The van der Waals surface area contributed by atoms with E-state index < -0.39 is 16.6 Å². The first kappa shape index (κ1) is 23.7. The Hall–Kier alpha value is -3.46. The average molecular weight is 468 g/mol. The molecule has 1 atom stereocenters. The van der Waals surface area contributed by atoms with Gasteiger partial charge in [0.25, 0.3) is 0 Å². The van der Waals surface area contributed by atoms with Crippen LogP contribution in [0.5, 0.6) is 5.75 Å². The minimum absolute atomic E-state index is 0.0754. The summed E-state index contributed by atoms with van der Waals surface area (Å²) in [6, 6.07) is 12.5. The Balaban J connectivity index is 1.34. The van der Waals surface area contributed by atoms with Crippen molar-refractivity contribution in [3.8, 4) is 5.75 Å². The molecule has 0 bridgehead atoms. The lowest BCUT2D eigenvalue weighted by Crippen LogP contribution is -2.47. The number of carbonyl (C=O) groups excluding carboxylic acids is 1. The molecule has 0 saturated heterocycles. The molecule has 1 aliphatic heterocycles. The zero-order chi connectivity index (χ0) is 24.3. The smallest absolute Gasteiger partial charge is 0.409 e. The van der Waals surface area contributed by atoms with Gasteiger partial charge in [0.1, 0.15) is 6.61 Å². The Labute approximate surface area is 197 Å². The van der Waals surface area contributed by atoms with Crippen LogP contribution in [0.1, 0.15) is 31.2 Å². The first-order valence-corrected chi connectivity index (χ1v) is 11.3. The van der Waals surface area contributed by atoms with Crippen molar-refractivity contribution in [3.05, 3.63) is 68.7 Å². The monoisotopic (exact) mass is 467 g/mol. The van der Waals surface area contributed by atoms with Gasteiger partial charge in [-0.1, -0.05) is 36.4 Å². The summed E-state index contributed by atoms with van der Waals surface area (Å²) in [6.07, 6.45) is 4.04. The maximum Gasteiger partial charge on any atom is 0.409 e. The number of carbonyl (C=O) groups is 1. The number of nitro benzene ring substituents is 1. The molecule has 2 aromatic rings. The molecule has 1 N–H and O–H groups in total. The van der Waals surface area contributed by atoms with Crippen molar-refractivity contribution in [2.75, 3.05) is 20.7 Å². The van der Waals surface area contributed by atoms with Crippen LogP contribution < -0.4 is 15.3 Å². The van der Waals surface area contributed by atoms with Crippen molar-refractivity contribution < 1.29 is 24.3 Å². The predicted octanol–water partition coefficient (Wildman–Crippen LogP) is 2.58. The van der Waals surface area contributed by atoms with Gasteiger partial charge in [0.05, 0.1) is 35.6 Å². The van der Waals surface area contributed by atoms with E-state index in [2.05, 4.69) is 0 Å². The second-order valence-electron chi connectivity index (χ2n) is 9.08. The van der Waals surface area contributed by atoms with Gasteiger partial charge in [-0.05, 0) is 37.2 Å². The highest BCUT2D eigenvalue weighted by Crippen LogP contribution is 2.36. The molecule has 0 radical (unpaired) electrons. The van der Waals surface area contributed by atoms with Crippen molar-refractivity contribution >= 4 is 17.9 Å². The molecule has 2 aromatic carbocycles. The number of benzene rings is 2. The number of hydrogen-bond donors (Lipinski definition) is 1. The van der Waals surface area contributed by atoms with Crippen LogP contribution in [0.25, 0.3) is 6.08 Å². The van der Waals surface area contributed by atoms with Crippen LogP contribution in [0.4, 0.5) is 10.5 Å². The van der Waals surface area contributed by atoms with Crippen molar-refractivity contribution in [1.29, 1.82) is 0 Å². The number of ether oxygens (including phenoxy) is 2.